The molecule has 0 aliphatic heterocycles. The van der Waals surface area contributed by atoms with E-state index in [-0.39, 0.29) is 10.9 Å². The van der Waals surface area contributed by atoms with Gasteiger partial charge in [0.2, 0.25) is 5.43 Å². The van der Waals surface area contributed by atoms with Crippen LogP contribution in [-0.4, -0.2) is 15.6 Å². The van der Waals surface area contributed by atoms with E-state index in [9.17, 15) is 22.8 Å². The molecule has 0 spiro atoms. The monoisotopic (exact) mass is 319 g/mol. The quantitative estimate of drug-likeness (QED) is 0.789. The molecule has 0 bridgehead atoms. The fraction of sp³-hybridized carbons (Fsp3) is 0. The first-order chi connectivity index (χ1) is 10.9. The van der Waals surface area contributed by atoms with Crippen molar-refractivity contribution in [2.24, 2.45) is 0 Å². The summed E-state index contributed by atoms with van der Waals surface area (Å²) in [5.74, 6) is -4.47. The van der Waals surface area contributed by atoms with Crippen LogP contribution >= 0.6 is 0 Å². The molecule has 0 radical (unpaired) electrons. The normalized spacial score (nSPS) is 10.9. The first kappa shape index (κ1) is 14.8. The topological polar surface area (TPSA) is 59.3 Å². The van der Waals surface area contributed by atoms with Gasteiger partial charge in [0.05, 0.1) is 10.9 Å². The highest BCUT2D eigenvalue weighted by Crippen LogP contribution is 2.21. The average molecular weight is 319 g/mol. The lowest BCUT2D eigenvalue weighted by molar-refractivity contribution is 0.0695. The molecule has 0 fully saturated rings. The van der Waals surface area contributed by atoms with Crippen molar-refractivity contribution >= 4 is 16.9 Å². The molecule has 0 amide bonds. The van der Waals surface area contributed by atoms with Crippen molar-refractivity contribution in [3.05, 3.63) is 75.8 Å². The van der Waals surface area contributed by atoms with Crippen molar-refractivity contribution in [1.82, 2.24) is 4.57 Å². The fourth-order valence-corrected chi connectivity index (χ4v) is 2.29. The lowest BCUT2D eigenvalue weighted by atomic mass is 10.1. The van der Waals surface area contributed by atoms with Gasteiger partial charge >= 0.3 is 5.97 Å². The van der Waals surface area contributed by atoms with E-state index in [1.165, 1.54) is 16.7 Å². The summed E-state index contributed by atoms with van der Waals surface area (Å²) >= 11 is 0. The van der Waals surface area contributed by atoms with E-state index in [2.05, 4.69) is 0 Å². The van der Waals surface area contributed by atoms with E-state index < -0.39 is 34.4 Å². The van der Waals surface area contributed by atoms with Crippen LogP contribution in [0.25, 0.3) is 16.6 Å². The molecule has 0 aliphatic carbocycles. The Balaban J connectivity index is 2.46. The maximum atomic E-state index is 13.5. The number of carbonyl (C=O) groups is 1. The molecular formula is C16H8F3NO3. The number of carboxylic acids is 1. The minimum atomic E-state index is -1.50. The van der Waals surface area contributed by atoms with Crippen LogP contribution in [0.4, 0.5) is 13.2 Å². The second-order valence-corrected chi connectivity index (χ2v) is 4.81. The first-order valence-electron chi connectivity index (χ1n) is 6.42. The molecule has 0 unspecified atom stereocenters. The van der Waals surface area contributed by atoms with E-state index >= 15 is 0 Å². The number of aromatic carboxylic acids is 1. The van der Waals surface area contributed by atoms with Gasteiger partial charge in [-0.05, 0) is 30.3 Å². The Kier molecular flexibility index (Phi) is 3.40. The maximum absolute atomic E-state index is 13.5. The van der Waals surface area contributed by atoms with Crippen molar-refractivity contribution in [3.63, 3.8) is 0 Å². The number of pyridine rings is 1. The van der Waals surface area contributed by atoms with Gasteiger partial charge in [-0.2, -0.15) is 0 Å². The highest BCUT2D eigenvalue weighted by molar-refractivity contribution is 5.93. The molecule has 3 aromatic rings. The van der Waals surface area contributed by atoms with Crippen molar-refractivity contribution < 1.29 is 23.1 Å². The maximum Gasteiger partial charge on any atom is 0.341 e. The lowest BCUT2D eigenvalue weighted by Gasteiger charge is -2.13. The molecule has 0 saturated heterocycles. The third-order valence-corrected chi connectivity index (χ3v) is 3.38. The molecule has 0 atom stereocenters. The third kappa shape index (κ3) is 2.46. The Bertz CT molecular complexity index is 994. The summed E-state index contributed by atoms with van der Waals surface area (Å²) in [7, 11) is 0. The van der Waals surface area contributed by atoms with Gasteiger partial charge < -0.3 is 9.67 Å². The van der Waals surface area contributed by atoms with E-state index in [1.54, 1.807) is 0 Å². The summed E-state index contributed by atoms with van der Waals surface area (Å²) in [6, 6.07) is 6.35. The summed E-state index contributed by atoms with van der Waals surface area (Å²) in [6.45, 7) is 0. The molecule has 7 heteroatoms. The molecule has 1 N–H and O–H groups in total. The number of rotatable bonds is 2. The summed E-state index contributed by atoms with van der Waals surface area (Å²) in [5.41, 5.74) is -1.26. The van der Waals surface area contributed by atoms with Crippen LogP contribution in [0.1, 0.15) is 10.4 Å². The summed E-state index contributed by atoms with van der Waals surface area (Å²) in [5, 5.41) is 8.84. The zero-order valence-corrected chi connectivity index (χ0v) is 11.4. The van der Waals surface area contributed by atoms with Crippen LogP contribution in [0.3, 0.4) is 0 Å². The number of halogens is 3. The van der Waals surface area contributed by atoms with Gasteiger partial charge in [0, 0.05) is 18.0 Å². The second-order valence-electron chi connectivity index (χ2n) is 4.81. The molecular weight excluding hydrogens is 311 g/mol. The molecule has 1 aromatic heterocycles. The van der Waals surface area contributed by atoms with Gasteiger partial charge in [-0.3, -0.25) is 4.79 Å². The van der Waals surface area contributed by atoms with Crippen molar-refractivity contribution in [2.45, 2.75) is 0 Å². The van der Waals surface area contributed by atoms with Crippen LogP contribution in [0, 0.1) is 17.5 Å². The third-order valence-electron chi connectivity index (χ3n) is 3.38. The molecule has 1 heterocycles. The molecule has 4 nitrogen and oxygen atoms in total. The molecule has 0 saturated carbocycles. The first-order valence-corrected chi connectivity index (χ1v) is 6.42. The highest BCUT2D eigenvalue weighted by atomic mass is 19.2. The number of fused-ring (bicyclic) bond motifs is 1. The van der Waals surface area contributed by atoms with Crippen LogP contribution in [0.2, 0.25) is 0 Å². The summed E-state index contributed by atoms with van der Waals surface area (Å²) in [4.78, 5) is 23.3. The molecule has 2 aromatic carbocycles. The van der Waals surface area contributed by atoms with Gasteiger partial charge in [-0.15, -0.1) is 0 Å². The van der Waals surface area contributed by atoms with E-state index in [1.807, 2.05) is 0 Å². The predicted octanol–water partition coefficient (Wildman–Crippen LogP) is 3.11. The minimum Gasteiger partial charge on any atom is -0.477 e. The molecule has 3 rings (SSSR count). The Hall–Kier alpha value is -3.09. The lowest BCUT2D eigenvalue weighted by Crippen LogP contribution is -2.18. The van der Waals surface area contributed by atoms with E-state index in [4.69, 9.17) is 5.11 Å². The fourth-order valence-electron chi connectivity index (χ4n) is 2.29. The zero-order chi connectivity index (χ0) is 16.7. The number of nitrogens with zero attached hydrogens (tertiary/aromatic N) is 1. The Morgan fingerprint density at radius 3 is 2.22 bits per heavy atom. The smallest absolute Gasteiger partial charge is 0.341 e. The number of aromatic nitrogens is 1. The van der Waals surface area contributed by atoms with E-state index in [0.29, 0.717) is 11.8 Å². The number of carboxylic acid groups (broad SMARTS) is 1. The van der Waals surface area contributed by atoms with Gasteiger partial charge in [0.25, 0.3) is 0 Å². The van der Waals surface area contributed by atoms with E-state index in [0.717, 1.165) is 24.4 Å². The predicted molar refractivity (Wildman–Crippen MR) is 76.4 cm³/mol. The van der Waals surface area contributed by atoms with Crippen LogP contribution in [0.15, 0.2) is 47.4 Å². The minimum absolute atomic E-state index is 0.0227. The molecule has 23 heavy (non-hydrogen) atoms. The van der Waals surface area contributed by atoms with Crippen molar-refractivity contribution in [1.29, 1.82) is 0 Å². The SMILES string of the molecule is O=C(O)c1cn(-c2ccc(F)cc2)c2cc(F)c(F)cc2c1=O. The van der Waals surface area contributed by atoms with Crippen molar-refractivity contribution in [2.75, 3.05) is 0 Å². The molecule has 0 aliphatic rings. The number of benzene rings is 2. The second kappa shape index (κ2) is 5.28. The van der Waals surface area contributed by atoms with Gasteiger partial charge in [0.1, 0.15) is 11.4 Å². The average Bonchev–Trinajstić information content (AvgIpc) is 2.50. The van der Waals surface area contributed by atoms with Gasteiger partial charge in [0.15, 0.2) is 11.6 Å². The Morgan fingerprint density at radius 2 is 1.61 bits per heavy atom. The number of hydrogen-bond acceptors (Lipinski definition) is 2. The van der Waals surface area contributed by atoms with Crippen LogP contribution in [0.5, 0.6) is 0 Å². The van der Waals surface area contributed by atoms with Gasteiger partial charge in [-0.1, -0.05) is 0 Å². The Morgan fingerprint density at radius 1 is 1.00 bits per heavy atom. The number of hydrogen-bond donors (Lipinski definition) is 1. The summed E-state index contributed by atoms with van der Waals surface area (Å²) in [6.07, 6.45) is 0.998. The zero-order valence-electron chi connectivity index (χ0n) is 11.4. The molecule has 116 valence electrons. The standard InChI is InChI=1S/C16H8F3NO3/c17-8-1-3-9(4-2-8)20-7-11(16(22)23)15(21)10-5-12(18)13(19)6-14(10)20/h1-7H,(H,22,23). The Labute approximate surface area is 127 Å². The summed E-state index contributed by atoms with van der Waals surface area (Å²) < 4.78 is 41.2. The van der Waals surface area contributed by atoms with Gasteiger partial charge in [-0.25, -0.2) is 18.0 Å². The van der Waals surface area contributed by atoms with Crippen molar-refractivity contribution in [3.8, 4) is 5.69 Å². The largest absolute Gasteiger partial charge is 0.477 e. The van der Waals surface area contributed by atoms with Crippen LogP contribution in [-0.2, 0) is 0 Å². The van der Waals surface area contributed by atoms with Crippen LogP contribution < -0.4 is 5.43 Å². The highest BCUT2D eigenvalue weighted by Gasteiger charge is 2.17.